The molecule has 1 spiro atoms. The molecule has 14 nitrogen and oxygen atoms in total. The summed E-state index contributed by atoms with van der Waals surface area (Å²) in [6.07, 6.45) is -1.01. The Morgan fingerprint density at radius 3 is 2.08 bits per heavy atom. The predicted octanol–water partition coefficient (Wildman–Crippen LogP) is 6.12. The van der Waals surface area contributed by atoms with Gasteiger partial charge >= 0.3 is 23.9 Å². The van der Waals surface area contributed by atoms with Gasteiger partial charge in [-0.3, -0.25) is 19.3 Å². The lowest BCUT2D eigenvalue weighted by molar-refractivity contribution is -0.179. The van der Waals surface area contributed by atoms with E-state index in [2.05, 4.69) is 17.2 Å². The van der Waals surface area contributed by atoms with E-state index in [1.165, 1.54) is 13.2 Å². The summed E-state index contributed by atoms with van der Waals surface area (Å²) in [6, 6.07) is 30.6. The number of para-hydroxylation sites is 1. The Balaban J connectivity index is 1.45. The van der Waals surface area contributed by atoms with Crippen LogP contribution < -0.4 is 19.7 Å². The third-order valence-electron chi connectivity index (χ3n) is 12.3. The fourth-order valence-corrected chi connectivity index (χ4v) is 9.57. The first-order chi connectivity index (χ1) is 31.5. The monoisotopic (exact) mass is 877 g/mol. The van der Waals surface area contributed by atoms with Crippen LogP contribution in [-0.2, 0) is 34.1 Å². The van der Waals surface area contributed by atoms with E-state index in [4.69, 9.17) is 18.9 Å². The van der Waals surface area contributed by atoms with Gasteiger partial charge in [0.25, 0.3) is 0 Å². The number of carboxylic acid groups (broad SMARTS) is 1. The van der Waals surface area contributed by atoms with E-state index in [1.807, 2.05) is 48.5 Å². The van der Waals surface area contributed by atoms with Crippen molar-refractivity contribution < 1.29 is 53.1 Å². The molecule has 7 atom stereocenters. The molecular weight excluding hydrogens is 831 g/mol. The average Bonchev–Trinajstić information content (AvgIpc) is 3.78. The number of carbonyl (C=O) groups is 5. The largest absolute Gasteiger partial charge is 0.497 e. The van der Waals surface area contributed by atoms with E-state index in [1.54, 1.807) is 98.7 Å². The van der Waals surface area contributed by atoms with E-state index in [-0.39, 0.29) is 30.2 Å². The first-order valence-corrected chi connectivity index (χ1v) is 21.1. The maximum Gasteiger partial charge on any atom is 0.329 e. The number of benzene rings is 5. The van der Waals surface area contributed by atoms with Crippen LogP contribution >= 0.6 is 0 Å². The number of fused-ring (bicyclic) bond motifs is 3. The molecule has 0 aliphatic carbocycles. The highest BCUT2D eigenvalue weighted by Gasteiger charge is 2.76. The number of rotatable bonds is 11. The third-order valence-corrected chi connectivity index (χ3v) is 12.3. The normalized spacial score (nSPS) is 22.6. The van der Waals surface area contributed by atoms with Gasteiger partial charge in [0.15, 0.2) is 0 Å². The molecule has 332 valence electrons. The van der Waals surface area contributed by atoms with E-state index >= 15 is 4.79 Å². The summed E-state index contributed by atoms with van der Waals surface area (Å²) in [5.41, 5.74) is 0.389. The highest BCUT2D eigenvalue weighted by Crippen LogP contribution is 2.66. The van der Waals surface area contributed by atoms with E-state index in [9.17, 15) is 29.4 Å². The zero-order valence-corrected chi connectivity index (χ0v) is 36.0. The Morgan fingerprint density at radius 2 is 1.45 bits per heavy atom. The smallest absolute Gasteiger partial charge is 0.329 e. The van der Waals surface area contributed by atoms with Crippen molar-refractivity contribution in [2.45, 2.75) is 49.5 Å². The Morgan fingerprint density at radius 1 is 0.815 bits per heavy atom. The summed E-state index contributed by atoms with van der Waals surface area (Å²) in [7, 11) is 2.74. The lowest BCUT2D eigenvalue weighted by Gasteiger charge is -2.46. The predicted molar refractivity (Wildman–Crippen MR) is 237 cm³/mol. The molecule has 14 heteroatoms. The van der Waals surface area contributed by atoms with Crippen molar-refractivity contribution in [3.8, 4) is 23.3 Å². The minimum atomic E-state index is -2.30. The van der Waals surface area contributed by atoms with E-state index in [0.29, 0.717) is 33.6 Å². The highest BCUT2D eigenvalue weighted by atomic mass is 16.6. The van der Waals surface area contributed by atoms with Gasteiger partial charge in [-0.25, -0.2) is 14.5 Å². The summed E-state index contributed by atoms with van der Waals surface area (Å²) >= 11 is 0. The molecule has 3 aliphatic heterocycles. The molecule has 0 saturated carbocycles. The van der Waals surface area contributed by atoms with Gasteiger partial charge in [-0.05, 0) is 71.1 Å². The number of aliphatic hydroxyl groups is 1. The molecular formula is C51H47N3O11. The number of aliphatic hydroxyl groups excluding tert-OH is 1. The van der Waals surface area contributed by atoms with Crippen LogP contribution in [-0.4, -0.2) is 84.5 Å². The summed E-state index contributed by atoms with van der Waals surface area (Å²) < 4.78 is 22.9. The van der Waals surface area contributed by atoms with Crippen molar-refractivity contribution in [2.24, 2.45) is 11.8 Å². The van der Waals surface area contributed by atoms with E-state index in [0.717, 1.165) is 4.90 Å². The zero-order valence-electron chi connectivity index (χ0n) is 36.0. The highest BCUT2D eigenvalue weighted by molar-refractivity contribution is 6.25. The number of methoxy groups -OCH3 is 2. The Labute approximate surface area is 375 Å². The number of ether oxygens (including phenoxy) is 4. The lowest BCUT2D eigenvalue weighted by atomic mass is 9.65. The Hall–Kier alpha value is -7.47. The van der Waals surface area contributed by atoms with Crippen LogP contribution in [0.25, 0.3) is 0 Å². The van der Waals surface area contributed by atoms with Crippen LogP contribution in [0.4, 0.5) is 10.5 Å². The van der Waals surface area contributed by atoms with Gasteiger partial charge < -0.3 is 34.5 Å². The standard InChI is InChI=1S/C51H47N3O11/c1-30(2)41(47(58)63-4)52-50(61)53-38-26-23-32(20-19-31-21-24-35(62-3)25-22-31)29-37(38)51(49(53)60)40(46(56)57)43-48(59)65-44(34-15-9-6-10-16-34)42(33-13-7-5-8-14-33)54(43)45(51)36-17-11-12-18-39(36)64-28-27-55/h5-18,21-26,29-30,40-45,55H,27-28H2,1-4H3,(H,52,61)(H,56,57)/t40-,41-,42-,43-,44+,45+,51-/m0/s1. The number of hydrogen-bond acceptors (Lipinski definition) is 11. The van der Waals surface area contributed by atoms with Crippen LogP contribution in [0.3, 0.4) is 0 Å². The molecule has 0 bridgehead atoms. The molecule has 0 radical (unpaired) electrons. The second-order valence-electron chi connectivity index (χ2n) is 16.3. The first kappa shape index (κ1) is 44.1. The van der Waals surface area contributed by atoms with Crippen molar-refractivity contribution in [3.63, 3.8) is 0 Å². The number of cyclic esters (lactones) is 1. The average molecular weight is 878 g/mol. The number of urea groups is 1. The minimum absolute atomic E-state index is 0.0176. The number of hydrogen-bond donors (Lipinski definition) is 3. The third kappa shape index (κ3) is 7.72. The number of amides is 3. The van der Waals surface area contributed by atoms with Crippen molar-refractivity contribution in [1.82, 2.24) is 10.2 Å². The van der Waals surface area contributed by atoms with Crippen molar-refractivity contribution in [1.29, 1.82) is 0 Å². The summed E-state index contributed by atoms with van der Waals surface area (Å²) in [5.74, 6) is 0.587. The second kappa shape index (κ2) is 18.3. The Bertz CT molecular complexity index is 2680. The molecule has 5 aromatic rings. The SMILES string of the molecule is COC(=O)[C@@H](NC(=O)N1C(=O)[C@@]2(c3cc(C#Cc4ccc(OC)cc4)ccc31)[C@H](C(=O)O)[C@H]1C(=O)O[C@H](c3ccccc3)[C@H](c3ccccc3)N1[C@@H]2c1ccccc1OCCO)C(C)C. The lowest BCUT2D eigenvalue weighted by Crippen LogP contribution is -2.56. The van der Waals surface area contributed by atoms with Crippen LogP contribution in [0.15, 0.2) is 127 Å². The van der Waals surface area contributed by atoms with Gasteiger partial charge in [0.05, 0.1) is 38.6 Å². The molecule has 3 heterocycles. The van der Waals surface area contributed by atoms with Crippen molar-refractivity contribution in [3.05, 3.63) is 161 Å². The molecule has 3 N–H and O–H groups in total. The van der Waals surface area contributed by atoms with Crippen LogP contribution in [0.2, 0.25) is 0 Å². The van der Waals surface area contributed by atoms with E-state index < -0.39 is 77.4 Å². The molecule has 0 aromatic heterocycles. The van der Waals surface area contributed by atoms with Gasteiger partial charge in [-0.2, -0.15) is 0 Å². The number of nitrogens with zero attached hydrogens (tertiary/aromatic N) is 2. The topological polar surface area (TPSA) is 181 Å². The van der Waals surface area contributed by atoms with Gasteiger partial charge in [-0.15, -0.1) is 0 Å². The number of nitrogens with one attached hydrogen (secondary N) is 1. The molecule has 0 unspecified atom stereocenters. The van der Waals surface area contributed by atoms with Crippen LogP contribution in [0.1, 0.15) is 65.4 Å². The van der Waals surface area contributed by atoms with Crippen molar-refractivity contribution in [2.75, 3.05) is 32.3 Å². The molecule has 2 saturated heterocycles. The molecule has 5 aromatic carbocycles. The van der Waals surface area contributed by atoms with Crippen LogP contribution in [0.5, 0.6) is 11.5 Å². The quantitative estimate of drug-likeness (QED) is 0.102. The molecule has 2 fully saturated rings. The minimum Gasteiger partial charge on any atom is -0.497 e. The fourth-order valence-electron chi connectivity index (χ4n) is 9.57. The molecule has 3 aliphatic rings. The van der Waals surface area contributed by atoms with Crippen LogP contribution in [0, 0.1) is 23.7 Å². The second-order valence-corrected chi connectivity index (χ2v) is 16.3. The molecule has 65 heavy (non-hydrogen) atoms. The molecule has 8 rings (SSSR count). The number of imide groups is 1. The number of carboxylic acids is 1. The first-order valence-electron chi connectivity index (χ1n) is 21.1. The summed E-state index contributed by atoms with van der Waals surface area (Å²) in [4.78, 5) is 76.0. The van der Waals surface area contributed by atoms with Crippen molar-refractivity contribution >= 4 is 35.5 Å². The van der Waals surface area contributed by atoms with Gasteiger partial charge in [0.1, 0.15) is 47.6 Å². The maximum atomic E-state index is 16.2. The number of anilines is 1. The number of aliphatic carboxylic acids is 1. The zero-order chi connectivity index (χ0) is 46.0. The number of esters is 2. The Kier molecular flexibility index (Phi) is 12.4. The number of morpholine rings is 1. The van der Waals surface area contributed by atoms with Gasteiger partial charge in [0.2, 0.25) is 5.91 Å². The fraction of sp³-hybridized carbons (Fsp3) is 0.275. The maximum absolute atomic E-state index is 16.2. The number of carbonyl (C=O) groups excluding carboxylic acids is 4. The summed E-state index contributed by atoms with van der Waals surface area (Å²) in [6.45, 7) is 2.87. The molecule has 3 amide bonds. The summed E-state index contributed by atoms with van der Waals surface area (Å²) in [5, 5.41) is 24.3. The van der Waals surface area contributed by atoms with Gasteiger partial charge in [-0.1, -0.05) is 105 Å². The van der Waals surface area contributed by atoms with Gasteiger partial charge in [0, 0.05) is 16.7 Å².